The molecule has 0 radical (unpaired) electrons. The fraction of sp³-hybridized carbons (Fsp3) is 0.400. The van der Waals surface area contributed by atoms with Gasteiger partial charge in [0, 0.05) is 42.9 Å². The molecule has 2 aromatic rings. The van der Waals surface area contributed by atoms with E-state index in [-0.39, 0.29) is 17.3 Å². The largest absolute Gasteiger partial charge is 0.416 e. The van der Waals surface area contributed by atoms with Crippen molar-refractivity contribution < 1.29 is 18.0 Å². The van der Waals surface area contributed by atoms with Crippen molar-refractivity contribution in [2.75, 3.05) is 19.6 Å². The number of hydrogen-bond donors (Lipinski definition) is 0. The van der Waals surface area contributed by atoms with Crippen LogP contribution in [0.5, 0.6) is 0 Å². The molecule has 0 N–H and O–H groups in total. The summed E-state index contributed by atoms with van der Waals surface area (Å²) in [7, 11) is 0. The lowest BCUT2D eigenvalue weighted by Gasteiger charge is -2.32. The van der Waals surface area contributed by atoms with Gasteiger partial charge in [0.1, 0.15) is 0 Å². The zero-order valence-corrected chi connectivity index (χ0v) is 14.4. The first-order chi connectivity index (χ1) is 12.4. The monoisotopic (exact) mass is 362 g/mol. The number of hydrogen-bond acceptors (Lipinski definition) is 3. The van der Waals surface area contributed by atoms with Gasteiger partial charge in [0.25, 0.3) is 0 Å². The van der Waals surface area contributed by atoms with Crippen molar-refractivity contribution >= 4 is 5.78 Å². The SMILES string of the molecule is O=C(c1cccc(C(F)(F)F)c1)[C@@H]1CCCN(CCc2ccccn2)C1. The number of likely N-dealkylation sites (tertiary alicyclic amines) is 1. The fourth-order valence-electron chi connectivity index (χ4n) is 3.38. The molecule has 1 fully saturated rings. The highest BCUT2D eigenvalue weighted by molar-refractivity contribution is 5.98. The lowest BCUT2D eigenvalue weighted by Crippen LogP contribution is -2.39. The Labute approximate surface area is 150 Å². The molecule has 26 heavy (non-hydrogen) atoms. The Morgan fingerprint density at radius 2 is 2.04 bits per heavy atom. The van der Waals surface area contributed by atoms with Crippen LogP contribution in [0.3, 0.4) is 0 Å². The van der Waals surface area contributed by atoms with E-state index < -0.39 is 11.7 Å². The fourth-order valence-corrected chi connectivity index (χ4v) is 3.38. The van der Waals surface area contributed by atoms with Crippen molar-refractivity contribution in [2.24, 2.45) is 5.92 Å². The van der Waals surface area contributed by atoms with Gasteiger partial charge in [-0.1, -0.05) is 18.2 Å². The van der Waals surface area contributed by atoms with Crippen molar-refractivity contribution in [1.82, 2.24) is 9.88 Å². The molecule has 3 nitrogen and oxygen atoms in total. The minimum absolute atomic E-state index is 0.149. The normalized spacial score (nSPS) is 18.7. The number of nitrogens with zero attached hydrogens (tertiary/aromatic N) is 2. The summed E-state index contributed by atoms with van der Waals surface area (Å²) in [6, 6.07) is 10.5. The van der Waals surface area contributed by atoms with E-state index >= 15 is 0 Å². The van der Waals surface area contributed by atoms with Crippen LogP contribution in [0.15, 0.2) is 48.7 Å². The van der Waals surface area contributed by atoms with E-state index in [1.54, 1.807) is 6.20 Å². The molecule has 1 aromatic heterocycles. The van der Waals surface area contributed by atoms with Crippen molar-refractivity contribution in [3.8, 4) is 0 Å². The Morgan fingerprint density at radius 3 is 2.77 bits per heavy atom. The number of alkyl halides is 3. The molecule has 1 atom stereocenters. The summed E-state index contributed by atoms with van der Waals surface area (Å²) in [6.45, 7) is 2.28. The highest BCUT2D eigenvalue weighted by Gasteiger charge is 2.32. The first-order valence-corrected chi connectivity index (χ1v) is 8.77. The Kier molecular flexibility index (Phi) is 5.71. The standard InChI is InChI=1S/C20H21F3N2O/c21-20(22,23)17-7-3-5-15(13-17)19(26)16-6-4-11-25(14-16)12-9-18-8-1-2-10-24-18/h1-3,5,7-8,10,13,16H,4,6,9,11-12,14H2/t16-/m1/s1. The molecule has 1 aliphatic heterocycles. The molecule has 0 bridgehead atoms. The van der Waals surface area contributed by atoms with Crippen LogP contribution in [0.25, 0.3) is 0 Å². The molecule has 1 saturated heterocycles. The van der Waals surface area contributed by atoms with E-state index in [0.29, 0.717) is 6.54 Å². The van der Waals surface area contributed by atoms with Crippen molar-refractivity contribution in [3.05, 3.63) is 65.5 Å². The van der Waals surface area contributed by atoms with Crippen LogP contribution in [0, 0.1) is 5.92 Å². The number of aromatic nitrogens is 1. The van der Waals surface area contributed by atoms with Crippen LogP contribution in [0.2, 0.25) is 0 Å². The highest BCUT2D eigenvalue weighted by atomic mass is 19.4. The number of Topliss-reactive ketones (excluding diaryl/α,β-unsaturated/α-hetero) is 1. The van der Waals surface area contributed by atoms with Crippen LogP contribution in [-0.2, 0) is 12.6 Å². The zero-order chi connectivity index (χ0) is 18.6. The van der Waals surface area contributed by atoms with E-state index in [1.165, 1.54) is 12.1 Å². The van der Waals surface area contributed by atoms with E-state index in [0.717, 1.165) is 50.2 Å². The molecule has 2 heterocycles. The van der Waals surface area contributed by atoms with E-state index in [9.17, 15) is 18.0 Å². The average Bonchev–Trinajstić information content (AvgIpc) is 2.66. The van der Waals surface area contributed by atoms with Crippen LogP contribution >= 0.6 is 0 Å². The molecule has 6 heteroatoms. The quantitative estimate of drug-likeness (QED) is 0.746. The van der Waals surface area contributed by atoms with Gasteiger partial charge in [0.15, 0.2) is 5.78 Å². The maximum Gasteiger partial charge on any atom is 0.416 e. The molecule has 138 valence electrons. The molecule has 0 spiro atoms. The van der Waals surface area contributed by atoms with Crippen molar-refractivity contribution in [2.45, 2.75) is 25.4 Å². The predicted molar refractivity (Wildman–Crippen MR) is 92.9 cm³/mol. The summed E-state index contributed by atoms with van der Waals surface area (Å²) in [4.78, 5) is 19.2. The topological polar surface area (TPSA) is 33.2 Å². The molecule has 0 saturated carbocycles. The zero-order valence-electron chi connectivity index (χ0n) is 14.4. The Hall–Kier alpha value is -2.21. The van der Waals surface area contributed by atoms with Gasteiger partial charge in [-0.15, -0.1) is 0 Å². The third kappa shape index (κ3) is 4.69. The Bertz CT molecular complexity index is 746. The van der Waals surface area contributed by atoms with E-state index in [2.05, 4.69) is 9.88 Å². The average molecular weight is 362 g/mol. The minimum atomic E-state index is -4.43. The van der Waals surface area contributed by atoms with Gasteiger partial charge in [-0.3, -0.25) is 9.78 Å². The number of benzene rings is 1. The van der Waals surface area contributed by atoms with Gasteiger partial charge >= 0.3 is 6.18 Å². The molecule has 1 aromatic carbocycles. The second-order valence-corrected chi connectivity index (χ2v) is 6.65. The lowest BCUT2D eigenvalue weighted by molar-refractivity contribution is -0.137. The van der Waals surface area contributed by atoms with Crippen LogP contribution in [0.4, 0.5) is 13.2 Å². The summed E-state index contributed by atoms with van der Waals surface area (Å²) in [6.07, 6.45) is -0.291. The summed E-state index contributed by atoms with van der Waals surface area (Å²) in [5.74, 6) is -0.449. The van der Waals surface area contributed by atoms with Crippen LogP contribution < -0.4 is 0 Å². The number of halogens is 3. The second-order valence-electron chi connectivity index (χ2n) is 6.65. The molecule has 0 aliphatic carbocycles. The van der Waals surface area contributed by atoms with E-state index in [4.69, 9.17) is 0 Å². The highest BCUT2D eigenvalue weighted by Crippen LogP contribution is 2.30. The predicted octanol–water partition coefficient (Wildman–Crippen LogP) is 4.24. The molecule has 3 rings (SSSR count). The maximum atomic E-state index is 12.9. The second kappa shape index (κ2) is 7.99. The van der Waals surface area contributed by atoms with Gasteiger partial charge in [-0.2, -0.15) is 13.2 Å². The maximum absolute atomic E-state index is 12.9. The van der Waals surface area contributed by atoms with Gasteiger partial charge < -0.3 is 4.90 Å². The Balaban J connectivity index is 1.63. The van der Waals surface area contributed by atoms with Gasteiger partial charge in [-0.25, -0.2) is 0 Å². The number of carbonyl (C=O) groups excluding carboxylic acids is 1. The third-order valence-electron chi connectivity index (χ3n) is 4.76. The number of piperidine rings is 1. The first kappa shape index (κ1) is 18.6. The Morgan fingerprint density at radius 1 is 1.19 bits per heavy atom. The van der Waals surface area contributed by atoms with Crippen molar-refractivity contribution in [3.63, 3.8) is 0 Å². The van der Waals surface area contributed by atoms with Crippen LogP contribution in [0.1, 0.15) is 34.5 Å². The van der Waals surface area contributed by atoms with Crippen LogP contribution in [-0.4, -0.2) is 35.3 Å². The number of pyridine rings is 1. The van der Waals surface area contributed by atoms with E-state index in [1.807, 2.05) is 18.2 Å². The first-order valence-electron chi connectivity index (χ1n) is 8.77. The molecule has 0 amide bonds. The molecule has 0 unspecified atom stereocenters. The number of carbonyl (C=O) groups is 1. The summed E-state index contributed by atoms with van der Waals surface area (Å²) >= 11 is 0. The number of rotatable bonds is 5. The third-order valence-corrected chi connectivity index (χ3v) is 4.76. The van der Waals surface area contributed by atoms with Gasteiger partial charge in [-0.05, 0) is 43.7 Å². The smallest absolute Gasteiger partial charge is 0.302 e. The molecular formula is C20H21F3N2O. The lowest BCUT2D eigenvalue weighted by atomic mass is 9.89. The summed E-state index contributed by atoms with van der Waals surface area (Å²) < 4.78 is 38.6. The molecular weight excluding hydrogens is 341 g/mol. The summed E-state index contributed by atoms with van der Waals surface area (Å²) in [5, 5.41) is 0. The van der Waals surface area contributed by atoms with Gasteiger partial charge in [0.05, 0.1) is 5.56 Å². The number of ketones is 1. The van der Waals surface area contributed by atoms with Crippen molar-refractivity contribution in [1.29, 1.82) is 0 Å². The molecule has 1 aliphatic rings. The van der Waals surface area contributed by atoms with Gasteiger partial charge in [0.2, 0.25) is 0 Å². The minimum Gasteiger partial charge on any atom is -0.302 e. The summed E-state index contributed by atoms with van der Waals surface area (Å²) in [5.41, 5.74) is 0.376.